The molecule has 0 radical (unpaired) electrons. The first-order chi connectivity index (χ1) is 19.6. The molecule has 0 bridgehead atoms. The summed E-state index contributed by atoms with van der Waals surface area (Å²) >= 11 is 0. The molecule has 40 heavy (non-hydrogen) atoms. The summed E-state index contributed by atoms with van der Waals surface area (Å²) in [7, 11) is 0. The molecule has 0 fully saturated rings. The van der Waals surface area contributed by atoms with Crippen molar-refractivity contribution in [2.45, 2.75) is 12.3 Å². The van der Waals surface area contributed by atoms with Gasteiger partial charge in [0.25, 0.3) is 0 Å². The number of carboxylic acid groups (broad SMARTS) is 1. The number of para-hydroxylation sites is 1. The van der Waals surface area contributed by atoms with Crippen LogP contribution in [0, 0.1) is 0 Å². The maximum absolute atomic E-state index is 13.4. The number of benzene rings is 5. The Kier molecular flexibility index (Phi) is 6.82. The summed E-state index contributed by atoms with van der Waals surface area (Å²) in [6.07, 6.45) is 0.437. The Hall–Kier alpha value is -5.22. The van der Waals surface area contributed by atoms with E-state index in [-0.39, 0.29) is 5.78 Å². The second kappa shape index (κ2) is 10.9. The summed E-state index contributed by atoms with van der Waals surface area (Å²) in [6.45, 7) is 0. The highest BCUT2D eigenvalue weighted by Gasteiger charge is 2.23. The van der Waals surface area contributed by atoms with E-state index in [1.165, 1.54) is 0 Å². The fourth-order valence-corrected chi connectivity index (χ4v) is 5.15. The molecule has 1 aromatic heterocycles. The Balaban J connectivity index is 1.30. The van der Waals surface area contributed by atoms with Gasteiger partial charge in [0, 0.05) is 16.5 Å². The number of carbonyl (C=O) groups excluding carboxylic acids is 1. The molecule has 0 aliphatic rings. The maximum atomic E-state index is 13.4. The Morgan fingerprint density at radius 3 is 1.82 bits per heavy atom. The van der Waals surface area contributed by atoms with E-state index in [1.807, 2.05) is 121 Å². The second-order valence-electron chi connectivity index (χ2n) is 9.78. The Morgan fingerprint density at radius 1 is 0.625 bits per heavy atom. The molecule has 1 N–H and O–H groups in total. The molecule has 0 spiro atoms. The highest BCUT2D eigenvalue weighted by molar-refractivity contribution is 6.15. The quantitative estimate of drug-likeness (QED) is 0.204. The summed E-state index contributed by atoms with van der Waals surface area (Å²) < 4.78 is 6.08. The van der Waals surface area contributed by atoms with Crippen LogP contribution in [0.2, 0.25) is 0 Å². The molecule has 0 saturated carbocycles. The van der Waals surface area contributed by atoms with Crippen LogP contribution >= 0.6 is 0 Å². The first-order valence-electron chi connectivity index (χ1n) is 13.2. The van der Waals surface area contributed by atoms with E-state index in [9.17, 15) is 14.7 Å². The Morgan fingerprint density at radius 2 is 1.18 bits per heavy atom. The largest absolute Gasteiger partial charge is 0.481 e. The zero-order valence-electron chi connectivity index (χ0n) is 21.7. The fraction of sp³-hybridized carbons (Fsp3) is 0.0556. The number of carbonyl (C=O) groups is 2. The first-order valence-corrected chi connectivity index (χ1v) is 13.2. The molecule has 0 aliphatic carbocycles. The van der Waals surface area contributed by atoms with Crippen LogP contribution in [-0.4, -0.2) is 16.9 Å². The Bertz CT molecular complexity index is 1780. The van der Waals surface area contributed by atoms with Crippen molar-refractivity contribution in [3.8, 4) is 22.3 Å². The molecule has 6 aromatic rings. The SMILES string of the molecule is O=C(c1ccccc1)c1oc2ccccc2c1-c1ccc(-c2ccc(C(Cc3ccccc3)C(=O)O)cc2)cc1. The van der Waals surface area contributed by atoms with E-state index in [0.29, 0.717) is 23.3 Å². The summed E-state index contributed by atoms with van der Waals surface area (Å²) in [5.41, 5.74) is 6.64. The highest BCUT2D eigenvalue weighted by Crippen LogP contribution is 2.37. The van der Waals surface area contributed by atoms with Crippen molar-refractivity contribution in [2.75, 3.05) is 0 Å². The van der Waals surface area contributed by atoms with Gasteiger partial charge < -0.3 is 9.52 Å². The van der Waals surface area contributed by atoms with Crippen molar-refractivity contribution in [3.63, 3.8) is 0 Å². The number of carboxylic acids is 1. The molecule has 6 rings (SSSR count). The van der Waals surface area contributed by atoms with Gasteiger partial charge in [0.15, 0.2) is 5.76 Å². The molecular formula is C36H26O4. The zero-order chi connectivity index (χ0) is 27.5. The minimum absolute atomic E-state index is 0.157. The van der Waals surface area contributed by atoms with Crippen LogP contribution in [0.15, 0.2) is 138 Å². The number of rotatable bonds is 8. The number of furan rings is 1. The van der Waals surface area contributed by atoms with Gasteiger partial charge in [0.1, 0.15) is 5.58 Å². The average Bonchev–Trinajstić information content (AvgIpc) is 3.40. The van der Waals surface area contributed by atoms with Crippen molar-refractivity contribution in [1.82, 2.24) is 0 Å². The molecule has 0 aliphatic heterocycles. The van der Waals surface area contributed by atoms with Crippen LogP contribution in [0.4, 0.5) is 0 Å². The standard InChI is InChI=1S/C36H26O4/c37-34(29-11-5-2-6-12-29)35-33(30-13-7-8-14-32(30)40-35)28-21-17-26(18-22-28)25-15-19-27(20-16-25)31(36(38)39)23-24-9-3-1-4-10-24/h1-22,31H,23H2,(H,38,39). The first kappa shape index (κ1) is 25.1. The van der Waals surface area contributed by atoms with E-state index >= 15 is 0 Å². The molecule has 1 heterocycles. The lowest BCUT2D eigenvalue weighted by molar-refractivity contribution is -0.138. The van der Waals surface area contributed by atoms with Crippen molar-refractivity contribution in [1.29, 1.82) is 0 Å². The third-order valence-electron chi connectivity index (χ3n) is 7.24. The lowest BCUT2D eigenvalue weighted by Gasteiger charge is -2.14. The van der Waals surface area contributed by atoms with Crippen LogP contribution < -0.4 is 0 Å². The molecule has 0 saturated heterocycles. The van der Waals surface area contributed by atoms with Crippen LogP contribution in [0.1, 0.15) is 33.2 Å². The third kappa shape index (κ3) is 4.95. The minimum atomic E-state index is -0.839. The van der Waals surface area contributed by atoms with E-state index in [4.69, 9.17) is 4.42 Å². The van der Waals surface area contributed by atoms with Crippen molar-refractivity contribution >= 4 is 22.7 Å². The van der Waals surface area contributed by atoms with Gasteiger partial charge in [-0.2, -0.15) is 0 Å². The number of aliphatic carboxylic acids is 1. The molecule has 1 atom stereocenters. The van der Waals surface area contributed by atoms with Gasteiger partial charge in [-0.05, 0) is 40.3 Å². The van der Waals surface area contributed by atoms with Crippen LogP contribution in [0.3, 0.4) is 0 Å². The van der Waals surface area contributed by atoms with E-state index in [0.717, 1.165) is 38.8 Å². The molecule has 194 valence electrons. The lowest BCUT2D eigenvalue weighted by Crippen LogP contribution is -2.14. The van der Waals surface area contributed by atoms with Crippen molar-refractivity contribution < 1.29 is 19.1 Å². The van der Waals surface area contributed by atoms with Crippen LogP contribution in [0.5, 0.6) is 0 Å². The normalized spacial score (nSPS) is 11.8. The number of hydrogen-bond acceptors (Lipinski definition) is 3. The summed E-state index contributed by atoms with van der Waals surface area (Å²) in [4.78, 5) is 25.4. The Labute approximate surface area is 232 Å². The predicted molar refractivity (Wildman–Crippen MR) is 157 cm³/mol. The smallest absolute Gasteiger partial charge is 0.311 e. The molecule has 5 aromatic carbocycles. The van der Waals surface area contributed by atoms with Gasteiger partial charge in [-0.25, -0.2) is 0 Å². The van der Waals surface area contributed by atoms with Gasteiger partial charge >= 0.3 is 5.97 Å². The van der Waals surface area contributed by atoms with Gasteiger partial charge in [-0.15, -0.1) is 0 Å². The average molecular weight is 523 g/mol. The van der Waals surface area contributed by atoms with E-state index < -0.39 is 11.9 Å². The molecule has 4 nitrogen and oxygen atoms in total. The topological polar surface area (TPSA) is 67.5 Å². The van der Waals surface area contributed by atoms with E-state index in [1.54, 1.807) is 12.1 Å². The zero-order valence-corrected chi connectivity index (χ0v) is 21.7. The lowest BCUT2D eigenvalue weighted by atomic mass is 9.90. The van der Waals surface area contributed by atoms with Gasteiger partial charge in [0.05, 0.1) is 5.92 Å². The predicted octanol–water partition coefficient (Wildman–Crippen LogP) is 8.41. The molecule has 1 unspecified atom stereocenters. The third-order valence-corrected chi connectivity index (χ3v) is 7.24. The number of ketones is 1. The number of fused-ring (bicyclic) bond motifs is 1. The molecular weight excluding hydrogens is 496 g/mol. The number of hydrogen-bond donors (Lipinski definition) is 1. The van der Waals surface area contributed by atoms with Gasteiger partial charge in [-0.1, -0.05) is 127 Å². The summed E-state index contributed by atoms with van der Waals surface area (Å²) in [5, 5.41) is 10.8. The highest BCUT2D eigenvalue weighted by atomic mass is 16.4. The van der Waals surface area contributed by atoms with Crippen molar-refractivity contribution in [2.24, 2.45) is 0 Å². The van der Waals surface area contributed by atoms with Crippen LogP contribution in [-0.2, 0) is 11.2 Å². The summed E-state index contributed by atoms with van der Waals surface area (Å²) in [6, 6.07) is 42.3. The van der Waals surface area contributed by atoms with E-state index in [2.05, 4.69) is 0 Å². The van der Waals surface area contributed by atoms with Crippen molar-refractivity contribution in [3.05, 3.63) is 156 Å². The fourth-order valence-electron chi connectivity index (χ4n) is 5.15. The monoisotopic (exact) mass is 522 g/mol. The molecule has 4 heteroatoms. The summed E-state index contributed by atoms with van der Waals surface area (Å²) in [5.74, 6) is -1.29. The minimum Gasteiger partial charge on any atom is -0.481 e. The molecule has 0 amide bonds. The van der Waals surface area contributed by atoms with Gasteiger partial charge in [-0.3, -0.25) is 9.59 Å². The van der Waals surface area contributed by atoms with Gasteiger partial charge in [0.2, 0.25) is 5.78 Å². The van der Waals surface area contributed by atoms with Crippen LogP contribution in [0.25, 0.3) is 33.2 Å². The second-order valence-corrected chi connectivity index (χ2v) is 9.78. The maximum Gasteiger partial charge on any atom is 0.311 e.